The lowest BCUT2D eigenvalue weighted by atomic mass is 9.99. The van der Waals surface area contributed by atoms with Gasteiger partial charge in [-0.3, -0.25) is 4.98 Å². The van der Waals surface area contributed by atoms with E-state index in [0.717, 1.165) is 88.0 Å². The second kappa shape index (κ2) is 11.0. The van der Waals surface area contributed by atoms with Crippen LogP contribution in [0, 0.1) is 0 Å². The Bertz CT molecular complexity index is 2770. The smallest absolute Gasteiger partial charge is 0.0972 e. The summed E-state index contributed by atoms with van der Waals surface area (Å²) in [4.78, 5) is 19.5. The maximum Gasteiger partial charge on any atom is 0.0972 e. The monoisotopic (exact) mass is 616 g/mol. The largest absolute Gasteiger partial charge is 0.403 e. The van der Waals surface area contributed by atoms with E-state index in [1.165, 1.54) is 6.20 Å². The zero-order valence-corrected chi connectivity index (χ0v) is 25.8. The molecule has 0 aliphatic carbocycles. The molecule has 0 saturated carbocycles. The third kappa shape index (κ3) is 4.75. The summed E-state index contributed by atoms with van der Waals surface area (Å²) in [5.74, 6) is 0. The van der Waals surface area contributed by atoms with Crippen molar-refractivity contribution >= 4 is 60.1 Å². The first-order valence-electron chi connectivity index (χ1n) is 15.8. The molecule has 4 aromatic heterocycles. The molecule has 9 aromatic rings. The minimum atomic E-state index is 0.451. The van der Waals surface area contributed by atoms with Gasteiger partial charge in [-0.15, -0.1) is 0 Å². The lowest BCUT2D eigenvalue weighted by Gasteiger charge is -2.10. The molecule has 0 unspecified atom stereocenters. The molecule has 4 heterocycles. The van der Waals surface area contributed by atoms with Gasteiger partial charge in [-0.1, -0.05) is 84.9 Å². The van der Waals surface area contributed by atoms with Crippen LogP contribution >= 0.6 is 0 Å². The number of aromatic nitrogens is 4. The van der Waals surface area contributed by atoms with Gasteiger partial charge in [0.15, 0.2) is 0 Å². The van der Waals surface area contributed by atoms with E-state index in [9.17, 15) is 0 Å². The highest BCUT2D eigenvalue weighted by Crippen LogP contribution is 2.32. The van der Waals surface area contributed by atoms with Gasteiger partial charge in [0.1, 0.15) is 0 Å². The number of hydrogen-bond acceptors (Lipinski definition) is 6. The molecule has 4 N–H and O–H groups in total. The van der Waals surface area contributed by atoms with E-state index in [0.29, 0.717) is 11.4 Å². The topological polar surface area (TPSA) is 104 Å². The number of benzene rings is 5. The van der Waals surface area contributed by atoms with E-state index in [2.05, 4.69) is 120 Å². The van der Waals surface area contributed by atoms with Gasteiger partial charge in [0.2, 0.25) is 0 Å². The van der Waals surface area contributed by atoms with Crippen LogP contribution in [0.2, 0.25) is 0 Å². The summed E-state index contributed by atoms with van der Waals surface area (Å²) in [6.07, 6.45) is 3.20. The predicted octanol–water partition coefficient (Wildman–Crippen LogP) is 9.25. The Morgan fingerprint density at radius 3 is 1.67 bits per heavy atom. The molecule has 5 aromatic carbocycles. The highest BCUT2D eigenvalue weighted by molar-refractivity contribution is 6.03. The number of nitrogens with zero attached hydrogens (tertiary/aromatic N) is 4. The Balaban J connectivity index is 1.05. The third-order valence-corrected chi connectivity index (χ3v) is 9.06. The minimum absolute atomic E-state index is 0.451. The highest BCUT2D eigenvalue weighted by atomic mass is 14.8. The van der Waals surface area contributed by atoms with Crippen molar-refractivity contribution in [2.45, 2.75) is 0 Å². The van der Waals surface area contributed by atoms with Gasteiger partial charge >= 0.3 is 0 Å². The fourth-order valence-corrected chi connectivity index (χ4v) is 6.45. The van der Waals surface area contributed by atoms with Crippen molar-refractivity contribution in [3.63, 3.8) is 0 Å². The predicted molar refractivity (Wildman–Crippen MR) is 198 cm³/mol. The molecule has 226 valence electrons. The summed E-state index contributed by atoms with van der Waals surface area (Å²) in [6.45, 7) is 0. The van der Waals surface area contributed by atoms with Crippen LogP contribution < -0.4 is 11.5 Å². The number of rotatable bonds is 4. The van der Waals surface area contributed by atoms with Gasteiger partial charge < -0.3 is 11.5 Å². The fourth-order valence-electron chi connectivity index (χ4n) is 6.45. The zero-order chi connectivity index (χ0) is 32.2. The highest BCUT2D eigenvalue weighted by Gasteiger charge is 2.10. The molecule has 0 atom stereocenters. The first kappa shape index (κ1) is 27.6. The van der Waals surface area contributed by atoms with E-state index in [1.807, 2.05) is 24.4 Å². The maximum atomic E-state index is 6.01. The van der Waals surface area contributed by atoms with Crippen LogP contribution in [0.4, 0.5) is 0 Å². The molecular weight excluding hydrogens is 589 g/mol. The Morgan fingerprint density at radius 1 is 0.458 bits per heavy atom. The minimum Gasteiger partial charge on any atom is -0.403 e. The van der Waals surface area contributed by atoms with Crippen LogP contribution in [-0.2, 0) is 0 Å². The first-order chi connectivity index (χ1) is 23.6. The lowest BCUT2D eigenvalue weighted by molar-refractivity contribution is 1.31. The van der Waals surface area contributed by atoms with Gasteiger partial charge in [-0.25, -0.2) is 15.0 Å². The summed E-state index contributed by atoms with van der Waals surface area (Å²) < 4.78 is 0. The Morgan fingerprint density at radius 2 is 0.979 bits per heavy atom. The molecule has 0 aliphatic heterocycles. The standard InChI is InChI=1S/C42H28N6/c43-24-35(44)38-18-14-26-4-8-32(23-40(26)47-38)31-7-3-25-13-16-36(46-39(25)22-31)33-11-9-30-21-34(12-10-29(30)20-33)37-17-15-28-6-5-27-2-1-19-45-41(27)42(28)48-37/h1-24H,43-44H2/b35-24-. The Labute approximate surface area is 276 Å². The van der Waals surface area contributed by atoms with Crippen LogP contribution in [0.15, 0.2) is 146 Å². The quantitative estimate of drug-likeness (QED) is 0.191. The number of nitrogens with two attached hydrogens (primary N) is 2. The van der Waals surface area contributed by atoms with Gasteiger partial charge in [-0.2, -0.15) is 0 Å². The second-order valence-electron chi connectivity index (χ2n) is 12.0. The summed E-state index contributed by atoms with van der Waals surface area (Å²) in [7, 11) is 0. The van der Waals surface area contributed by atoms with E-state index >= 15 is 0 Å². The maximum absolute atomic E-state index is 6.01. The molecule has 6 heteroatoms. The van der Waals surface area contributed by atoms with Crippen LogP contribution in [0.5, 0.6) is 0 Å². The molecule has 0 aliphatic rings. The average Bonchev–Trinajstić information content (AvgIpc) is 3.16. The number of pyridine rings is 4. The van der Waals surface area contributed by atoms with E-state index in [4.69, 9.17) is 26.4 Å². The Hall–Kier alpha value is -6.66. The molecule has 6 nitrogen and oxygen atoms in total. The molecule has 0 saturated heterocycles. The molecule has 0 radical (unpaired) electrons. The van der Waals surface area contributed by atoms with Crippen molar-refractivity contribution in [2.75, 3.05) is 0 Å². The van der Waals surface area contributed by atoms with Gasteiger partial charge in [0.25, 0.3) is 0 Å². The summed E-state index contributed by atoms with van der Waals surface area (Å²) >= 11 is 0. The van der Waals surface area contributed by atoms with Crippen LogP contribution in [0.25, 0.3) is 93.7 Å². The van der Waals surface area contributed by atoms with Crippen LogP contribution in [0.1, 0.15) is 5.69 Å². The summed E-state index contributed by atoms with van der Waals surface area (Å²) in [5.41, 5.74) is 22.5. The Kier molecular flexibility index (Phi) is 6.33. The van der Waals surface area contributed by atoms with Crippen molar-refractivity contribution in [3.05, 3.63) is 152 Å². The molecule has 0 fully saturated rings. The molecule has 48 heavy (non-hydrogen) atoms. The number of fused-ring (bicyclic) bond motifs is 6. The molecule has 0 spiro atoms. The van der Waals surface area contributed by atoms with Gasteiger partial charge in [0.05, 0.1) is 44.8 Å². The zero-order valence-electron chi connectivity index (χ0n) is 25.8. The molecule has 9 rings (SSSR count). The van der Waals surface area contributed by atoms with E-state index in [-0.39, 0.29) is 0 Å². The fraction of sp³-hybridized carbons (Fsp3) is 0. The van der Waals surface area contributed by atoms with E-state index < -0.39 is 0 Å². The van der Waals surface area contributed by atoms with Crippen molar-refractivity contribution in [3.8, 4) is 33.6 Å². The molecule has 0 bridgehead atoms. The second-order valence-corrected chi connectivity index (χ2v) is 12.0. The van der Waals surface area contributed by atoms with Crippen molar-refractivity contribution in [1.82, 2.24) is 19.9 Å². The van der Waals surface area contributed by atoms with Crippen molar-refractivity contribution < 1.29 is 0 Å². The lowest BCUT2D eigenvalue weighted by Crippen LogP contribution is -2.01. The third-order valence-electron chi connectivity index (χ3n) is 9.06. The summed E-state index contributed by atoms with van der Waals surface area (Å²) in [6, 6.07) is 46.2. The van der Waals surface area contributed by atoms with Crippen molar-refractivity contribution in [2.24, 2.45) is 11.5 Å². The SMILES string of the molecule is N/C=C(\N)c1ccc2ccc(-c3ccc4ccc(-c5ccc6cc(-c7ccc8ccc9cccnc9c8n7)ccc6c5)nc4c3)cc2n1. The molecule has 0 amide bonds. The number of hydrogen-bond donors (Lipinski definition) is 2. The normalized spacial score (nSPS) is 12.0. The average molecular weight is 617 g/mol. The van der Waals surface area contributed by atoms with Crippen LogP contribution in [0.3, 0.4) is 0 Å². The van der Waals surface area contributed by atoms with Gasteiger partial charge in [-0.05, 0) is 70.4 Å². The van der Waals surface area contributed by atoms with Gasteiger partial charge in [0, 0.05) is 45.1 Å². The summed E-state index contributed by atoms with van der Waals surface area (Å²) in [5, 5.41) is 6.59. The first-order valence-corrected chi connectivity index (χ1v) is 15.8. The van der Waals surface area contributed by atoms with E-state index in [1.54, 1.807) is 0 Å². The van der Waals surface area contributed by atoms with Crippen LogP contribution in [-0.4, -0.2) is 19.9 Å². The van der Waals surface area contributed by atoms with Crippen molar-refractivity contribution in [1.29, 1.82) is 0 Å². The molecular formula is C42H28N6.